The van der Waals surface area contributed by atoms with Gasteiger partial charge < -0.3 is 15.6 Å². The number of hydrogen-bond acceptors (Lipinski definition) is 4. The largest absolute Gasteiger partial charge is 0.366 e. The molecule has 0 saturated heterocycles. The molecule has 3 N–H and O–H groups in total. The number of anilines is 1. The molecule has 6 nitrogen and oxygen atoms in total. The SMILES string of the molecule is O=C(NCc1nc2c(c(NCc3ccccc3)n1)CCCC2)c1cccc2[nH]ccc12. The van der Waals surface area contributed by atoms with Crippen molar-refractivity contribution in [1.29, 1.82) is 0 Å². The summed E-state index contributed by atoms with van der Waals surface area (Å²) >= 11 is 0. The van der Waals surface area contributed by atoms with Crippen LogP contribution in [0.1, 0.15) is 45.8 Å². The lowest BCUT2D eigenvalue weighted by Gasteiger charge is -2.20. The Morgan fingerprint density at radius 2 is 1.81 bits per heavy atom. The van der Waals surface area contributed by atoms with Crippen molar-refractivity contribution in [3.05, 3.63) is 89.0 Å². The van der Waals surface area contributed by atoms with Crippen LogP contribution in [-0.2, 0) is 25.9 Å². The first-order valence-electron chi connectivity index (χ1n) is 10.8. The minimum Gasteiger partial charge on any atom is -0.366 e. The number of benzene rings is 2. The second kappa shape index (κ2) is 8.60. The quantitative estimate of drug-likeness (QED) is 0.440. The van der Waals surface area contributed by atoms with E-state index in [9.17, 15) is 4.79 Å². The van der Waals surface area contributed by atoms with Crippen LogP contribution in [0.5, 0.6) is 0 Å². The molecule has 0 radical (unpaired) electrons. The van der Waals surface area contributed by atoms with E-state index in [-0.39, 0.29) is 5.91 Å². The lowest BCUT2D eigenvalue weighted by atomic mass is 9.96. The summed E-state index contributed by atoms with van der Waals surface area (Å²) in [4.78, 5) is 25.5. The van der Waals surface area contributed by atoms with Crippen LogP contribution in [0.25, 0.3) is 10.9 Å². The molecule has 0 aliphatic heterocycles. The zero-order valence-electron chi connectivity index (χ0n) is 17.3. The van der Waals surface area contributed by atoms with Crippen LogP contribution in [0.3, 0.4) is 0 Å². The van der Waals surface area contributed by atoms with Crippen LogP contribution < -0.4 is 10.6 Å². The Kier molecular flexibility index (Phi) is 5.35. The summed E-state index contributed by atoms with van der Waals surface area (Å²) in [5.74, 6) is 1.42. The zero-order valence-corrected chi connectivity index (χ0v) is 17.3. The summed E-state index contributed by atoms with van der Waals surface area (Å²) in [6.45, 7) is 1.01. The van der Waals surface area contributed by atoms with E-state index in [1.807, 2.05) is 48.7 Å². The predicted molar refractivity (Wildman–Crippen MR) is 122 cm³/mol. The number of aromatic amines is 1. The van der Waals surface area contributed by atoms with Crippen molar-refractivity contribution in [2.45, 2.75) is 38.8 Å². The number of hydrogen-bond donors (Lipinski definition) is 3. The molecule has 6 heteroatoms. The Morgan fingerprint density at radius 3 is 2.71 bits per heavy atom. The molecule has 0 bridgehead atoms. The number of fused-ring (bicyclic) bond motifs is 2. The third kappa shape index (κ3) is 4.14. The van der Waals surface area contributed by atoms with Crippen LogP contribution in [-0.4, -0.2) is 20.9 Å². The van der Waals surface area contributed by atoms with E-state index in [2.05, 4.69) is 27.8 Å². The molecule has 1 aliphatic carbocycles. The van der Waals surface area contributed by atoms with Crippen molar-refractivity contribution in [3.8, 4) is 0 Å². The maximum Gasteiger partial charge on any atom is 0.252 e. The number of carbonyl (C=O) groups excluding carboxylic acids is 1. The summed E-state index contributed by atoms with van der Waals surface area (Å²) in [6.07, 6.45) is 6.10. The third-order valence-electron chi connectivity index (χ3n) is 5.78. The van der Waals surface area contributed by atoms with E-state index in [1.54, 1.807) is 0 Å². The average Bonchev–Trinajstić information content (AvgIpc) is 3.31. The van der Waals surface area contributed by atoms with Crippen molar-refractivity contribution >= 4 is 22.6 Å². The Hall–Kier alpha value is -3.67. The summed E-state index contributed by atoms with van der Waals surface area (Å²) in [7, 11) is 0. The first-order chi connectivity index (χ1) is 15.3. The minimum absolute atomic E-state index is 0.120. The molecule has 156 valence electrons. The van der Waals surface area contributed by atoms with Crippen molar-refractivity contribution in [2.75, 3.05) is 5.32 Å². The second-order valence-corrected chi connectivity index (χ2v) is 7.89. The van der Waals surface area contributed by atoms with Crippen molar-refractivity contribution in [2.24, 2.45) is 0 Å². The number of rotatable bonds is 6. The Bertz CT molecular complexity index is 1220. The van der Waals surface area contributed by atoms with E-state index < -0.39 is 0 Å². The van der Waals surface area contributed by atoms with Crippen molar-refractivity contribution in [1.82, 2.24) is 20.3 Å². The highest BCUT2D eigenvalue weighted by atomic mass is 16.1. The molecule has 0 spiro atoms. The summed E-state index contributed by atoms with van der Waals surface area (Å²) in [5.41, 5.74) is 5.13. The highest BCUT2D eigenvalue weighted by molar-refractivity contribution is 6.06. The molecule has 0 fully saturated rings. The number of amides is 1. The number of nitrogens with one attached hydrogen (secondary N) is 3. The van der Waals surface area contributed by atoms with E-state index in [0.717, 1.165) is 48.1 Å². The molecule has 0 saturated carbocycles. The summed E-state index contributed by atoms with van der Waals surface area (Å²) < 4.78 is 0. The lowest BCUT2D eigenvalue weighted by molar-refractivity contribution is 0.0951. The normalized spacial score (nSPS) is 13.0. The minimum atomic E-state index is -0.120. The van der Waals surface area contributed by atoms with Gasteiger partial charge in [-0.3, -0.25) is 4.79 Å². The Balaban J connectivity index is 1.35. The van der Waals surface area contributed by atoms with Crippen LogP contribution in [0, 0.1) is 0 Å². The fraction of sp³-hybridized carbons (Fsp3) is 0.240. The van der Waals surface area contributed by atoms with Crippen LogP contribution in [0.4, 0.5) is 5.82 Å². The molecule has 31 heavy (non-hydrogen) atoms. The van der Waals surface area contributed by atoms with Gasteiger partial charge in [0.05, 0.1) is 6.54 Å². The number of nitrogens with zero attached hydrogens (tertiary/aromatic N) is 2. The number of aromatic nitrogens is 3. The van der Waals surface area contributed by atoms with Crippen LogP contribution in [0.15, 0.2) is 60.8 Å². The van der Waals surface area contributed by atoms with Gasteiger partial charge in [0, 0.05) is 40.5 Å². The Labute approximate surface area is 181 Å². The first kappa shape index (κ1) is 19.3. The topological polar surface area (TPSA) is 82.7 Å². The van der Waals surface area contributed by atoms with Gasteiger partial charge in [-0.25, -0.2) is 9.97 Å². The molecule has 2 aromatic heterocycles. The van der Waals surface area contributed by atoms with Gasteiger partial charge >= 0.3 is 0 Å². The smallest absolute Gasteiger partial charge is 0.252 e. The van der Waals surface area contributed by atoms with E-state index >= 15 is 0 Å². The van der Waals surface area contributed by atoms with E-state index in [0.29, 0.717) is 24.5 Å². The molecule has 0 unspecified atom stereocenters. The average molecular weight is 412 g/mol. The van der Waals surface area contributed by atoms with Crippen LogP contribution in [0.2, 0.25) is 0 Å². The second-order valence-electron chi connectivity index (χ2n) is 7.89. The zero-order chi connectivity index (χ0) is 21.0. The van der Waals surface area contributed by atoms with Gasteiger partial charge in [0.2, 0.25) is 0 Å². The first-order valence-corrected chi connectivity index (χ1v) is 10.8. The summed E-state index contributed by atoms with van der Waals surface area (Å²) in [6, 6.07) is 17.9. The standard InChI is InChI=1S/C25H25N5O/c31-25(19-10-6-12-21-18(19)13-14-26-21)28-16-23-29-22-11-5-4-9-20(22)24(30-23)27-15-17-7-2-1-3-8-17/h1-3,6-8,10,12-14,26H,4-5,9,11,15-16H2,(H,28,31)(H,27,29,30). The van der Waals surface area contributed by atoms with E-state index in [1.165, 1.54) is 11.1 Å². The maximum absolute atomic E-state index is 12.8. The highest BCUT2D eigenvalue weighted by Gasteiger charge is 2.18. The molecule has 1 amide bonds. The summed E-state index contributed by atoms with van der Waals surface area (Å²) in [5, 5.41) is 7.41. The van der Waals surface area contributed by atoms with Crippen molar-refractivity contribution in [3.63, 3.8) is 0 Å². The molecule has 5 rings (SSSR count). The van der Waals surface area contributed by atoms with Gasteiger partial charge in [-0.15, -0.1) is 0 Å². The van der Waals surface area contributed by atoms with Gasteiger partial charge in [0.25, 0.3) is 5.91 Å². The number of H-pyrrole nitrogens is 1. The molecular formula is C25H25N5O. The fourth-order valence-electron chi connectivity index (χ4n) is 4.19. The third-order valence-corrected chi connectivity index (χ3v) is 5.78. The van der Waals surface area contributed by atoms with Gasteiger partial charge in [0.1, 0.15) is 11.6 Å². The highest BCUT2D eigenvalue weighted by Crippen LogP contribution is 2.26. The monoisotopic (exact) mass is 411 g/mol. The maximum atomic E-state index is 12.8. The molecular weight excluding hydrogens is 386 g/mol. The molecule has 2 heterocycles. The molecule has 2 aromatic carbocycles. The number of carbonyl (C=O) groups is 1. The number of aryl methyl sites for hydroxylation is 1. The van der Waals surface area contributed by atoms with Gasteiger partial charge in [-0.05, 0) is 49.4 Å². The predicted octanol–water partition coefficient (Wildman–Crippen LogP) is 4.38. The van der Waals surface area contributed by atoms with Gasteiger partial charge in [0.15, 0.2) is 0 Å². The van der Waals surface area contributed by atoms with E-state index in [4.69, 9.17) is 9.97 Å². The van der Waals surface area contributed by atoms with Crippen LogP contribution >= 0.6 is 0 Å². The van der Waals surface area contributed by atoms with Gasteiger partial charge in [-0.2, -0.15) is 0 Å². The van der Waals surface area contributed by atoms with Gasteiger partial charge in [-0.1, -0.05) is 36.4 Å². The molecule has 0 atom stereocenters. The molecule has 4 aromatic rings. The van der Waals surface area contributed by atoms with Crippen molar-refractivity contribution < 1.29 is 4.79 Å². The fourth-order valence-corrected chi connectivity index (χ4v) is 4.19. The molecule has 1 aliphatic rings. The lowest BCUT2D eigenvalue weighted by Crippen LogP contribution is -2.25. The Morgan fingerprint density at radius 1 is 0.935 bits per heavy atom.